The Kier molecular flexibility index (Phi) is 13.1. The Balaban J connectivity index is 2.86. The van der Waals surface area contributed by atoms with Gasteiger partial charge in [0, 0.05) is 24.1 Å². The lowest BCUT2D eigenvalue weighted by molar-refractivity contribution is -0.157. The molecule has 1 aromatic carbocycles. The largest absolute Gasteiger partial charge is 0.497 e. The zero-order chi connectivity index (χ0) is 25.7. The minimum Gasteiger partial charge on any atom is -0.497 e. The molecule has 1 aromatic rings. The fraction of sp³-hybridized carbons (Fsp3) is 0.565. The number of amides is 4. The second-order valence-corrected chi connectivity index (χ2v) is 9.13. The highest BCUT2D eigenvalue weighted by molar-refractivity contribution is 7.99. The predicted octanol–water partition coefficient (Wildman–Crippen LogP) is 2.83. The minimum absolute atomic E-state index is 0.0215. The summed E-state index contributed by atoms with van der Waals surface area (Å²) in [5, 5.41) is 15.0. The summed E-state index contributed by atoms with van der Waals surface area (Å²) in [6.45, 7) is 4.05. The Hall–Kier alpha value is -2.79. The van der Waals surface area contributed by atoms with Crippen LogP contribution in [-0.4, -0.2) is 67.1 Å². The molecule has 34 heavy (non-hydrogen) atoms. The number of carbonyl (C=O) groups is 4. The second kappa shape index (κ2) is 15.2. The average Bonchev–Trinajstić information content (AvgIpc) is 2.84. The molecule has 190 valence electrons. The van der Waals surface area contributed by atoms with Gasteiger partial charge in [0.05, 0.1) is 20.1 Å². The Bertz CT molecular complexity index is 817. The Labute approximate surface area is 204 Å². The molecule has 10 nitrogen and oxygen atoms in total. The number of ether oxygens (including phenoxy) is 2. The molecule has 0 fully saturated rings. The smallest absolute Gasteiger partial charge is 0.349 e. The van der Waals surface area contributed by atoms with Gasteiger partial charge in [0.1, 0.15) is 11.8 Å². The van der Waals surface area contributed by atoms with Gasteiger partial charge >= 0.3 is 12.0 Å². The summed E-state index contributed by atoms with van der Waals surface area (Å²) in [5.74, 6) is -1.11. The topological polar surface area (TPSA) is 134 Å². The number of thioether (sulfide) groups is 1. The Morgan fingerprint density at radius 3 is 2.24 bits per heavy atom. The van der Waals surface area contributed by atoms with Crippen molar-refractivity contribution in [2.24, 2.45) is 11.8 Å². The van der Waals surface area contributed by atoms with E-state index in [-0.39, 0.29) is 17.9 Å². The van der Waals surface area contributed by atoms with Gasteiger partial charge in [0.15, 0.2) is 0 Å². The van der Waals surface area contributed by atoms with Gasteiger partial charge in [0.2, 0.25) is 5.91 Å². The number of rotatable bonds is 13. The van der Waals surface area contributed by atoms with Crippen LogP contribution < -0.4 is 15.4 Å². The number of imide groups is 1. The number of esters is 1. The third-order valence-electron chi connectivity index (χ3n) is 5.08. The van der Waals surface area contributed by atoms with Crippen molar-refractivity contribution < 1.29 is 33.9 Å². The third kappa shape index (κ3) is 10.0. The van der Waals surface area contributed by atoms with Crippen LogP contribution in [0.4, 0.5) is 4.79 Å². The van der Waals surface area contributed by atoms with Gasteiger partial charge in [-0.05, 0) is 43.0 Å². The van der Waals surface area contributed by atoms with E-state index in [9.17, 15) is 24.4 Å². The van der Waals surface area contributed by atoms with E-state index >= 15 is 0 Å². The van der Waals surface area contributed by atoms with Crippen LogP contribution in [0.5, 0.6) is 5.75 Å². The summed E-state index contributed by atoms with van der Waals surface area (Å²) in [4.78, 5) is 49.9. The Morgan fingerprint density at radius 2 is 1.71 bits per heavy atom. The van der Waals surface area contributed by atoms with E-state index in [4.69, 9.17) is 4.74 Å². The molecule has 2 atom stereocenters. The highest BCUT2D eigenvalue weighted by Gasteiger charge is 2.31. The van der Waals surface area contributed by atoms with Gasteiger partial charge in [-0.25, -0.2) is 4.79 Å². The van der Waals surface area contributed by atoms with Gasteiger partial charge in [0.25, 0.3) is 5.91 Å². The molecule has 0 aromatic heterocycles. The van der Waals surface area contributed by atoms with E-state index in [1.165, 1.54) is 25.9 Å². The van der Waals surface area contributed by atoms with Gasteiger partial charge in [-0.15, -0.1) is 16.8 Å². The number of hydrogen-bond donors (Lipinski definition) is 3. The highest BCUT2D eigenvalue weighted by atomic mass is 32.2. The molecule has 11 heteroatoms. The van der Waals surface area contributed by atoms with Gasteiger partial charge in [-0.2, -0.15) is 0 Å². The van der Waals surface area contributed by atoms with E-state index in [0.29, 0.717) is 23.8 Å². The standard InChI is InChI=1S/C23H35N3O7S/c1-15(2)6-7-16(14-34-18-10-8-17(32-4)9-11-18)22(29)26(31)23(30)25-19(21(28)24-3)12-13-20(27)33-5/h8-11,15-16,19,31H,6-7,12-14H2,1-5H3,(H,24,28)(H,25,30)/t16-,19+/m1/s1. The van der Waals surface area contributed by atoms with Crippen molar-refractivity contribution in [2.75, 3.05) is 27.0 Å². The van der Waals surface area contributed by atoms with Crippen molar-refractivity contribution in [2.45, 2.75) is 50.5 Å². The fourth-order valence-electron chi connectivity index (χ4n) is 2.97. The van der Waals surface area contributed by atoms with Crippen molar-refractivity contribution >= 4 is 35.6 Å². The average molecular weight is 498 g/mol. The number of carbonyl (C=O) groups excluding carboxylic acids is 4. The quantitative estimate of drug-likeness (QED) is 0.164. The summed E-state index contributed by atoms with van der Waals surface area (Å²) in [7, 11) is 4.17. The lowest BCUT2D eigenvalue weighted by Gasteiger charge is -2.24. The summed E-state index contributed by atoms with van der Waals surface area (Å²) in [6.07, 6.45) is 1.04. The third-order valence-corrected chi connectivity index (χ3v) is 6.25. The molecule has 4 amide bonds. The molecule has 1 rings (SSSR count). The molecule has 0 saturated carbocycles. The minimum atomic E-state index is -1.13. The van der Waals surface area contributed by atoms with Crippen molar-refractivity contribution in [3.05, 3.63) is 24.3 Å². The molecule has 0 unspecified atom stereocenters. The number of benzene rings is 1. The first-order chi connectivity index (χ1) is 16.1. The molecule has 0 aliphatic carbocycles. The predicted molar refractivity (Wildman–Crippen MR) is 128 cm³/mol. The molecule has 0 spiro atoms. The van der Waals surface area contributed by atoms with Crippen molar-refractivity contribution in [1.82, 2.24) is 15.7 Å². The summed E-state index contributed by atoms with van der Waals surface area (Å²) in [6, 6.07) is 5.10. The van der Waals surface area contributed by atoms with Gasteiger partial charge in [-0.3, -0.25) is 19.6 Å². The van der Waals surface area contributed by atoms with Crippen LogP contribution in [-0.2, 0) is 19.1 Å². The monoisotopic (exact) mass is 497 g/mol. The van der Waals surface area contributed by atoms with Crippen molar-refractivity contribution in [3.63, 3.8) is 0 Å². The van der Waals surface area contributed by atoms with Crippen LogP contribution >= 0.6 is 11.8 Å². The highest BCUT2D eigenvalue weighted by Crippen LogP contribution is 2.26. The number of hydrogen-bond acceptors (Lipinski definition) is 8. The van der Waals surface area contributed by atoms with E-state index in [1.807, 2.05) is 38.1 Å². The van der Waals surface area contributed by atoms with Crippen LogP contribution in [0.25, 0.3) is 0 Å². The molecule has 0 aliphatic heterocycles. The first-order valence-electron chi connectivity index (χ1n) is 11.0. The van der Waals surface area contributed by atoms with Crippen molar-refractivity contribution in [3.8, 4) is 5.75 Å². The molecule has 0 aliphatic rings. The SMILES string of the molecule is CNC(=O)[C@H](CCC(=O)OC)NC(=O)N(O)C(=O)[C@H](CCC(C)C)CSc1ccc(OC)cc1. The number of likely N-dealkylation sites (N-methyl/N-ethyl adjacent to an activating group) is 1. The summed E-state index contributed by atoms with van der Waals surface area (Å²) in [5.41, 5.74) is 0. The van der Waals surface area contributed by atoms with E-state index < -0.39 is 35.8 Å². The zero-order valence-corrected chi connectivity index (χ0v) is 21.1. The van der Waals surface area contributed by atoms with Crippen LogP contribution in [0.15, 0.2) is 29.2 Å². The molecular formula is C23H35N3O7S. The van der Waals surface area contributed by atoms with Gasteiger partial charge in [-0.1, -0.05) is 20.3 Å². The number of nitrogens with one attached hydrogen (secondary N) is 2. The molecule has 0 heterocycles. The molecule has 0 radical (unpaired) electrons. The first kappa shape index (κ1) is 29.2. The number of nitrogens with zero attached hydrogens (tertiary/aromatic N) is 1. The maximum atomic E-state index is 13.0. The van der Waals surface area contributed by atoms with Crippen LogP contribution in [0.3, 0.4) is 0 Å². The maximum absolute atomic E-state index is 13.0. The lowest BCUT2D eigenvalue weighted by atomic mass is 9.98. The first-order valence-corrected chi connectivity index (χ1v) is 12.0. The molecule has 3 N–H and O–H groups in total. The van der Waals surface area contributed by atoms with Crippen molar-refractivity contribution in [1.29, 1.82) is 0 Å². The van der Waals surface area contributed by atoms with Crippen LogP contribution in [0.2, 0.25) is 0 Å². The van der Waals surface area contributed by atoms with E-state index in [1.54, 1.807) is 7.11 Å². The van der Waals surface area contributed by atoms with E-state index in [2.05, 4.69) is 15.4 Å². The number of urea groups is 1. The number of methoxy groups -OCH3 is 2. The number of hydroxylamine groups is 2. The van der Waals surface area contributed by atoms with Crippen LogP contribution in [0.1, 0.15) is 39.5 Å². The summed E-state index contributed by atoms with van der Waals surface area (Å²) >= 11 is 1.43. The normalized spacial score (nSPS) is 12.4. The Morgan fingerprint density at radius 1 is 1.06 bits per heavy atom. The van der Waals surface area contributed by atoms with E-state index in [0.717, 1.165) is 11.3 Å². The zero-order valence-electron chi connectivity index (χ0n) is 20.3. The van der Waals surface area contributed by atoms with Crippen LogP contribution in [0, 0.1) is 11.8 Å². The molecule has 0 bridgehead atoms. The maximum Gasteiger partial charge on any atom is 0.349 e. The molecular weight excluding hydrogens is 462 g/mol. The molecule has 0 saturated heterocycles. The lowest BCUT2D eigenvalue weighted by Crippen LogP contribution is -2.52. The second-order valence-electron chi connectivity index (χ2n) is 8.04. The van der Waals surface area contributed by atoms with Gasteiger partial charge < -0.3 is 20.1 Å². The summed E-state index contributed by atoms with van der Waals surface area (Å²) < 4.78 is 9.70. The fourth-order valence-corrected chi connectivity index (χ4v) is 4.00.